The first-order chi connectivity index (χ1) is 15.3. The van der Waals surface area contributed by atoms with Crippen molar-refractivity contribution in [3.63, 3.8) is 0 Å². The van der Waals surface area contributed by atoms with Crippen LogP contribution in [0.2, 0.25) is 10.0 Å². The summed E-state index contributed by atoms with van der Waals surface area (Å²) in [5.41, 5.74) is 1.72. The predicted molar refractivity (Wildman–Crippen MR) is 137 cm³/mol. The summed E-state index contributed by atoms with van der Waals surface area (Å²) in [6.45, 7) is 0.273. The van der Waals surface area contributed by atoms with Crippen molar-refractivity contribution in [3.05, 3.63) is 97.0 Å². The number of amides is 1. The molecule has 0 radical (unpaired) electrons. The summed E-state index contributed by atoms with van der Waals surface area (Å²) in [6.07, 6.45) is 1.71. The summed E-state index contributed by atoms with van der Waals surface area (Å²) < 4.78 is 21.0. The molecule has 0 saturated carbocycles. The number of carbonyl (C=O) groups excluding carboxylic acids is 1. The summed E-state index contributed by atoms with van der Waals surface area (Å²) >= 11 is 22.1. The van der Waals surface area contributed by atoms with Crippen LogP contribution in [-0.4, -0.2) is 10.2 Å². The Labute approximate surface area is 212 Å². The van der Waals surface area contributed by atoms with Gasteiger partial charge in [0.25, 0.3) is 5.91 Å². The molecule has 1 aliphatic rings. The maximum absolute atomic E-state index is 14.2. The van der Waals surface area contributed by atoms with Crippen LogP contribution in [0.1, 0.15) is 11.1 Å². The van der Waals surface area contributed by atoms with Crippen molar-refractivity contribution in [2.24, 2.45) is 0 Å². The molecule has 1 amide bonds. The number of ether oxygens (including phenoxy) is 1. The van der Waals surface area contributed by atoms with E-state index in [4.69, 9.17) is 40.2 Å². The van der Waals surface area contributed by atoms with Crippen LogP contribution in [0.3, 0.4) is 0 Å². The Morgan fingerprint density at radius 2 is 1.91 bits per heavy atom. The number of nitrogens with zero attached hydrogens (tertiary/aromatic N) is 1. The quantitative estimate of drug-likeness (QED) is 0.231. The molecule has 0 unspecified atom stereocenters. The zero-order valence-electron chi connectivity index (χ0n) is 16.2. The summed E-state index contributed by atoms with van der Waals surface area (Å²) in [7, 11) is 0. The van der Waals surface area contributed by atoms with Gasteiger partial charge in [0.15, 0.2) is 4.32 Å². The highest BCUT2D eigenvalue weighted by Crippen LogP contribution is 2.38. The van der Waals surface area contributed by atoms with Crippen molar-refractivity contribution < 1.29 is 13.9 Å². The molecule has 0 atom stereocenters. The predicted octanol–water partition coefficient (Wildman–Crippen LogP) is 7.88. The number of carbonyl (C=O) groups is 1. The van der Waals surface area contributed by atoms with Gasteiger partial charge in [0, 0.05) is 15.6 Å². The monoisotopic (exact) mass is 567 g/mol. The third-order valence-corrected chi connectivity index (χ3v) is 7.05. The Morgan fingerprint density at radius 3 is 2.62 bits per heavy atom. The van der Waals surface area contributed by atoms with Crippen LogP contribution in [0.25, 0.3) is 6.08 Å². The number of para-hydroxylation sites is 1. The Balaban J connectivity index is 1.51. The van der Waals surface area contributed by atoms with Gasteiger partial charge in [-0.1, -0.05) is 71.4 Å². The van der Waals surface area contributed by atoms with Crippen molar-refractivity contribution in [1.29, 1.82) is 0 Å². The minimum absolute atomic E-state index is 0.143. The molecule has 0 aromatic heterocycles. The number of hydrogen-bond donors (Lipinski definition) is 0. The number of hydrogen-bond acceptors (Lipinski definition) is 4. The number of benzene rings is 3. The van der Waals surface area contributed by atoms with Crippen LogP contribution < -0.4 is 9.64 Å². The van der Waals surface area contributed by atoms with Gasteiger partial charge >= 0.3 is 0 Å². The van der Waals surface area contributed by atoms with Gasteiger partial charge in [0.1, 0.15) is 18.2 Å². The lowest BCUT2D eigenvalue weighted by Gasteiger charge is -2.14. The zero-order valence-corrected chi connectivity index (χ0v) is 20.9. The van der Waals surface area contributed by atoms with Gasteiger partial charge in [-0.15, -0.1) is 0 Å². The first-order valence-electron chi connectivity index (χ1n) is 9.22. The molecule has 0 bridgehead atoms. The normalized spacial score (nSPS) is 15.0. The molecular weight excluding hydrogens is 556 g/mol. The van der Waals surface area contributed by atoms with Crippen molar-refractivity contribution in [2.75, 3.05) is 4.90 Å². The second kappa shape index (κ2) is 9.93. The Bertz CT molecular complexity index is 1270. The molecule has 162 valence electrons. The molecule has 0 aliphatic carbocycles. The second-order valence-corrected chi connectivity index (χ2v) is 10.1. The van der Waals surface area contributed by atoms with E-state index >= 15 is 0 Å². The van der Waals surface area contributed by atoms with Crippen molar-refractivity contribution in [3.8, 4) is 5.75 Å². The van der Waals surface area contributed by atoms with Gasteiger partial charge in [-0.3, -0.25) is 9.69 Å². The average Bonchev–Trinajstić information content (AvgIpc) is 3.02. The molecule has 0 N–H and O–H groups in total. The third kappa shape index (κ3) is 5.02. The highest BCUT2D eigenvalue weighted by atomic mass is 79.9. The largest absolute Gasteiger partial charge is 0.488 e. The molecule has 0 spiro atoms. The maximum atomic E-state index is 14.2. The van der Waals surface area contributed by atoms with Crippen LogP contribution in [0.4, 0.5) is 10.1 Å². The molecule has 3 aromatic carbocycles. The fraction of sp³-hybridized carbons (Fsp3) is 0.0435. The minimum Gasteiger partial charge on any atom is -0.488 e. The standard InChI is InChI=1S/C23H13BrCl2FNO2S2/c24-16-9-13(5-8-20(16)30-12-14-6-7-15(25)11-17(14)26)10-21-22(29)28(23(31)32-21)19-4-2-1-3-18(19)27/h1-11H,12H2/b21-10-. The van der Waals surface area contributed by atoms with E-state index in [-0.39, 0.29) is 22.5 Å². The molecular formula is C23H13BrCl2FNO2S2. The lowest BCUT2D eigenvalue weighted by atomic mass is 10.2. The van der Waals surface area contributed by atoms with Crippen molar-refractivity contribution >= 4 is 85.1 Å². The van der Waals surface area contributed by atoms with E-state index in [9.17, 15) is 9.18 Å². The molecule has 4 rings (SSSR count). The van der Waals surface area contributed by atoms with E-state index in [0.29, 0.717) is 25.2 Å². The molecule has 3 nitrogen and oxygen atoms in total. The molecule has 1 saturated heterocycles. The number of halogens is 4. The van der Waals surface area contributed by atoms with E-state index in [2.05, 4.69) is 15.9 Å². The van der Waals surface area contributed by atoms with E-state index in [0.717, 1.165) is 22.9 Å². The van der Waals surface area contributed by atoms with Crippen LogP contribution in [0, 0.1) is 5.82 Å². The first-order valence-corrected chi connectivity index (χ1v) is 12.0. The molecule has 3 aromatic rings. The van der Waals surface area contributed by atoms with E-state index in [1.807, 2.05) is 18.2 Å². The highest BCUT2D eigenvalue weighted by molar-refractivity contribution is 9.10. The minimum atomic E-state index is -0.505. The smallest absolute Gasteiger partial charge is 0.270 e. The summed E-state index contributed by atoms with van der Waals surface area (Å²) in [5, 5.41) is 1.09. The topological polar surface area (TPSA) is 29.5 Å². The van der Waals surface area contributed by atoms with Gasteiger partial charge < -0.3 is 4.74 Å². The average molecular weight is 569 g/mol. The van der Waals surface area contributed by atoms with E-state index in [1.54, 1.807) is 36.4 Å². The van der Waals surface area contributed by atoms with Gasteiger partial charge in [0.2, 0.25) is 0 Å². The second-order valence-electron chi connectivity index (χ2n) is 6.68. The van der Waals surface area contributed by atoms with Crippen LogP contribution in [0.5, 0.6) is 5.75 Å². The summed E-state index contributed by atoms with van der Waals surface area (Å²) in [5.74, 6) is -0.249. The van der Waals surface area contributed by atoms with Crippen molar-refractivity contribution in [2.45, 2.75) is 6.61 Å². The van der Waals surface area contributed by atoms with Crippen LogP contribution in [0.15, 0.2) is 70.0 Å². The van der Waals surface area contributed by atoms with Gasteiger partial charge in [0.05, 0.1) is 15.1 Å². The molecule has 1 aliphatic heterocycles. The van der Waals surface area contributed by atoms with Gasteiger partial charge in [-0.05, 0) is 64.0 Å². The lowest BCUT2D eigenvalue weighted by Crippen LogP contribution is -2.28. The van der Waals surface area contributed by atoms with Crippen LogP contribution >= 0.6 is 63.1 Å². The number of thioether (sulfide) groups is 1. The summed E-state index contributed by atoms with van der Waals surface area (Å²) in [4.78, 5) is 14.5. The number of anilines is 1. The van der Waals surface area contributed by atoms with Crippen LogP contribution in [-0.2, 0) is 11.4 Å². The fourth-order valence-electron chi connectivity index (χ4n) is 2.98. The number of rotatable bonds is 5. The number of thiocarbonyl (C=S) groups is 1. The fourth-order valence-corrected chi connectivity index (χ4v) is 5.24. The Morgan fingerprint density at radius 1 is 1.12 bits per heavy atom. The van der Waals surface area contributed by atoms with Crippen molar-refractivity contribution in [1.82, 2.24) is 0 Å². The molecule has 9 heteroatoms. The molecule has 32 heavy (non-hydrogen) atoms. The maximum Gasteiger partial charge on any atom is 0.270 e. The zero-order chi connectivity index (χ0) is 22.8. The SMILES string of the molecule is O=C1/C(=C/c2ccc(OCc3ccc(Cl)cc3Cl)c(Br)c2)SC(=S)N1c1ccccc1F. The van der Waals surface area contributed by atoms with Gasteiger partial charge in [-0.2, -0.15) is 0 Å². The Kier molecular flexibility index (Phi) is 7.22. The summed E-state index contributed by atoms with van der Waals surface area (Å²) in [6, 6.07) is 16.7. The van der Waals surface area contributed by atoms with E-state index in [1.165, 1.54) is 17.0 Å². The third-order valence-electron chi connectivity index (χ3n) is 4.54. The first kappa shape index (κ1) is 23.3. The highest BCUT2D eigenvalue weighted by Gasteiger charge is 2.34. The van der Waals surface area contributed by atoms with E-state index < -0.39 is 5.82 Å². The lowest BCUT2D eigenvalue weighted by molar-refractivity contribution is -0.113. The Hall–Kier alpha value is -1.90. The van der Waals surface area contributed by atoms with Gasteiger partial charge in [-0.25, -0.2) is 4.39 Å². The molecule has 1 heterocycles. The molecule has 1 fully saturated rings.